The summed E-state index contributed by atoms with van der Waals surface area (Å²) in [6.07, 6.45) is 7.23. The molecule has 0 aliphatic heterocycles. The first kappa shape index (κ1) is 10.9. The molecule has 18 heavy (non-hydrogen) atoms. The van der Waals surface area contributed by atoms with E-state index in [1.165, 1.54) is 0 Å². The molecule has 4 nitrogen and oxygen atoms in total. The Morgan fingerprint density at radius 3 is 2.83 bits per heavy atom. The Bertz CT molecular complexity index is 682. The standard InChI is InChI=1S/C14H14N4/c1-18-9-17-8-13(18)14(15)12-4-2-3-10-7-16-6-5-11(10)12/h2-9,14H,15H2,1H3. The summed E-state index contributed by atoms with van der Waals surface area (Å²) in [5.74, 6) is 0. The van der Waals surface area contributed by atoms with Crippen LogP contribution in [0.25, 0.3) is 10.8 Å². The van der Waals surface area contributed by atoms with Crippen molar-refractivity contribution in [3.63, 3.8) is 0 Å². The first-order valence-corrected chi connectivity index (χ1v) is 5.82. The topological polar surface area (TPSA) is 56.7 Å². The molecule has 0 fully saturated rings. The van der Waals surface area contributed by atoms with E-state index in [2.05, 4.69) is 16.0 Å². The van der Waals surface area contributed by atoms with Crippen LogP contribution in [-0.4, -0.2) is 14.5 Å². The van der Waals surface area contributed by atoms with Crippen LogP contribution in [0.4, 0.5) is 0 Å². The lowest BCUT2D eigenvalue weighted by Crippen LogP contribution is -2.15. The number of pyridine rings is 1. The highest BCUT2D eigenvalue weighted by atomic mass is 15.0. The maximum absolute atomic E-state index is 6.35. The van der Waals surface area contributed by atoms with Crippen LogP contribution in [0.2, 0.25) is 0 Å². The molecule has 2 heterocycles. The number of aromatic nitrogens is 3. The number of imidazole rings is 1. The van der Waals surface area contributed by atoms with Gasteiger partial charge in [-0.3, -0.25) is 4.98 Å². The molecule has 0 amide bonds. The Morgan fingerprint density at radius 2 is 2.06 bits per heavy atom. The van der Waals surface area contributed by atoms with Crippen LogP contribution in [0.15, 0.2) is 49.2 Å². The molecular weight excluding hydrogens is 224 g/mol. The number of rotatable bonds is 2. The van der Waals surface area contributed by atoms with E-state index in [-0.39, 0.29) is 6.04 Å². The normalized spacial score (nSPS) is 12.8. The van der Waals surface area contributed by atoms with Gasteiger partial charge in [-0.1, -0.05) is 18.2 Å². The smallest absolute Gasteiger partial charge is 0.0946 e. The second-order valence-electron chi connectivity index (χ2n) is 4.35. The van der Waals surface area contributed by atoms with E-state index in [4.69, 9.17) is 5.73 Å². The van der Waals surface area contributed by atoms with E-state index in [1.54, 1.807) is 12.5 Å². The molecule has 3 rings (SSSR count). The fourth-order valence-electron chi connectivity index (χ4n) is 2.25. The molecule has 3 aromatic rings. The number of benzene rings is 1. The van der Waals surface area contributed by atoms with Gasteiger partial charge in [0.15, 0.2) is 0 Å². The van der Waals surface area contributed by atoms with Crippen molar-refractivity contribution < 1.29 is 0 Å². The fourth-order valence-corrected chi connectivity index (χ4v) is 2.25. The highest BCUT2D eigenvalue weighted by Crippen LogP contribution is 2.26. The van der Waals surface area contributed by atoms with Crippen LogP contribution in [0.1, 0.15) is 17.3 Å². The van der Waals surface area contributed by atoms with Crippen molar-refractivity contribution in [1.82, 2.24) is 14.5 Å². The van der Waals surface area contributed by atoms with Crippen LogP contribution in [0.3, 0.4) is 0 Å². The molecular formula is C14H14N4. The van der Waals surface area contributed by atoms with Gasteiger partial charge >= 0.3 is 0 Å². The van der Waals surface area contributed by atoms with Gasteiger partial charge in [-0.2, -0.15) is 0 Å². The average Bonchev–Trinajstić information content (AvgIpc) is 2.83. The van der Waals surface area contributed by atoms with Crippen LogP contribution >= 0.6 is 0 Å². The Hall–Kier alpha value is -2.20. The fraction of sp³-hybridized carbons (Fsp3) is 0.143. The summed E-state index contributed by atoms with van der Waals surface area (Å²) in [5, 5.41) is 2.24. The summed E-state index contributed by atoms with van der Waals surface area (Å²) in [7, 11) is 1.95. The van der Waals surface area contributed by atoms with Crippen LogP contribution in [-0.2, 0) is 7.05 Å². The van der Waals surface area contributed by atoms with Crippen LogP contribution in [0, 0.1) is 0 Å². The third-order valence-electron chi connectivity index (χ3n) is 3.22. The van der Waals surface area contributed by atoms with Gasteiger partial charge in [0.25, 0.3) is 0 Å². The highest BCUT2D eigenvalue weighted by Gasteiger charge is 2.14. The summed E-state index contributed by atoms with van der Waals surface area (Å²) < 4.78 is 1.95. The minimum absolute atomic E-state index is 0.177. The van der Waals surface area contributed by atoms with E-state index in [1.807, 2.05) is 42.2 Å². The average molecular weight is 238 g/mol. The van der Waals surface area contributed by atoms with E-state index in [0.717, 1.165) is 22.0 Å². The number of nitrogens with zero attached hydrogens (tertiary/aromatic N) is 3. The lowest BCUT2D eigenvalue weighted by Gasteiger charge is -2.15. The monoisotopic (exact) mass is 238 g/mol. The Kier molecular flexibility index (Phi) is 2.57. The summed E-state index contributed by atoms with van der Waals surface area (Å²) in [6, 6.07) is 7.93. The number of fused-ring (bicyclic) bond motifs is 1. The minimum atomic E-state index is -0.177. The van der Waals surface area contributed by atoms with Gasteiger partial charge in [0.05, 0.1) is 24.3 Å². The summed E-state index contributed by atoms with van der Waals surface area (Å²) in [6.45, 7) is 0. The molecule has 90 valence electrons. The molecule has 0 radical (unpaired) electrons. The quantitative estimate of drug-likeness (QED) is 0.743. The van der Waals surface area contributed by atoms with Crippen molar-refractivity contribution >= 4 is 10.8 Å². The van der Waals surface area contributed by atoms with Crippen molar-refractivity contribution in [2.45, 2.75) is 6.04 Å². The Labute approximate surface area is 105 Å². The maximum Gasteiger partial charge on any atom is 0.0946 e. The lowest BCUT2D eigenvalue weighted by molar-refractivity contribution is 0.750. The molecule has 4 heteroatoms. The molecule has 0 bridgehead atoms. The lowest BCUT2D eigenvalue weighted by atomic mass is 9.99. The van der Waals surface area contributed by atoms with Crippen molar-refractivity contribution in [2.75, 3.05) is 0 Å². The van der Waals surface area contributed by atoms with Gasteiger partial charge in [-0.15, -0.1) is 0 Å². The predicted molar refractivity (Wildman–Crippen MR) is 71.0 cm³/mol. The zero-order chi connectivity index (χ0) is 12.5. The minimum Gasteiger partial charge on any atom is -0.336 e. The molecule has 0 spiro atoms. The van der Waals surface area contributed by atoms with Crippen molar-refractivity contribution in [2.24, 2.45) is 12.8 Å². The predicted octanol–water partition coefficient (Wildman–Crippen LogP) is 2.02. The molecule has 1 aromatic carbocycles. The molecule has 2 aromatic heterocycles. The van der Waals surface area contributed by atoms with Crippen molar-refractivity contribution in [3.05, 3.63) is 60.4 Å². The summed E-state index contributed by atoms with van der Waals surface area (Å²) in [5.41, 5.74) is 8.44. The second kappa shape index (κ2) is 4.23. The molecule has 0 aliphatic carbocycles. The third-order valence-corrected chi connectivity index (χ3v) is 3.22. The van der Waals surface area contributed by atoms with Gasteiger partial charge in [0.2, 0.25) is 0 Å². The van der Waals surface area contributed by atoms with Crippen molar-refractivity contribution in [1.29, 1.82) is 0 Å². The Morgan fingerprint density at radius 1 is 1.17 bits per heavy atom. The van der Waals surface area contributed by atoms with Crippen LogP contribution < -0.4 is 5.73 Å². The molecule has 2 N–H and O–H groups in total. The summed E-state index contributed by atoms with van der Waals surface area (Å²) in [4.78, 5) is 8.25. The zero-order valence-corrected chi connectivity index (χ0v) is 10.1. The first-order valence-electron chi connectivity index (χ1n) is 5.82. The van der Waals surface area contributed by atoms with Gasteiger partial charge in [-0.05, 0) is 17.0 Å². The van der Waals surface area contributed by atoms with E-state index < -0.39 is 0 Å². The van der Waals surface area contributed by atoms with E-state index in [9.17, 15) is 0 Å². The third kappa shape index (κ3) is 1.67. The SMILES string of the molecule is Cn1cncc1C(N)c1cccc2cnccc12. The van der Waals surface area contributed by atoms with Gasteiger partial charge < -0.3 is 10.3 Å². The summed E-state index contributed by atoms with van der Waals surface area (Å²) >= 11 is 0. The molecule has 1 atom stereocenters. The highest BCUT2D eigenvalue weighted by molar-refractivity contribution is 5.85. The maximum atomic E-state index is 6.35. The largest absolute Gasteiger partial charge is 0.336 e. The number of nitrogens with two attached hydrogens (primary N) is 1. The first-order chi connectivity index (χ1) is 8.77. The Balaban J connectivity index is 2.18. The molecule has 1 unspecified atom stereocenters. The number of hydrogen-bond donors (Lipinski definition) is 1. The van der Waals surface area contributed by atoms with E-state index in [0.29, 0.717) is 0 Å². The second-order valence-corrected chi connectivity index (χ2v) is 4.35. The number of hydrogen-bond acceptors (Lipinski definition) is 3. The van der Waals surface area contributed by atoms with Crippen LogP contribution in [0.5, 0.6) is 0 Å². The van der Waals surface area contributed by atoms with Crippen molar-refractivity contribution in [3.8, 4) is 0 Å². The zero-order valence-electron chi connectivity index (χ0n) is 10.1. The van der Waals surface area contributed by atoms with Gasteiger partial charge in [0, 0.05) is 24.8 Å². The van der Waals surface area contributed by atoms with Gasteiger partial charge in [0.1, 0.15) is 0 Å². The molecule has 0 saturated carbocycles. The van der Waals surface area contributed by atoms with Gasteiger partial charge in [-0.25, -0.2) is 4.98 Å². The molecule has 0 saturated heterocycles. The number of aryl methyl sites for hydroxylation is 1. The van der Waals surface area contributed by atoms with E-state index >= 15 is 0 Å². The molecule has 0 aliphatic rings.